The molecule has 0 amide bonds. The number of hydrogen-bond donors (Lipinski definition) is 1. The number of ketones is 1. The molecule has 0 spiro atoms. The van der Waals surface area contributed by atoms with Crippen LogP contribution < -0.4 is 0 Å². The molecule has 0 aliphatic rings. The number of ether oxygens (including phenoxy) is 1. The first-order valence-electron chi connectivity index (χ1n) is 8.97. The fourth-order valence-corrected chi connectivity index (χ4v) is 3.91. The van der Waals surface area contributed by atoms with Crippen molar-refractivity contribution in [2.75, 3.05) is 12.4 Å². The van der Waals surface area contributed by atoms with Crippen molar-refractivity contribution in [2.45, 2.75) is 32.1 Å². The molecule has 0 unspecified atom stereocenters. The number of H-pyrrole nitrogens is 1. The Balaban J connectivity index is 1.58. The lowest BCUT2D eigenvalue weighted by molar-refractivity contribution is -0.139. The highest BCUT2D eigenvalue weighted by Gasteiger charge is 2.16. The Hall–Kier alpha value is -2.53. The second kappa shape index (κ2) is 8.44. The second-order valence-electron chi connectivity index (χ2n) is 6.54. The molecule has 2 aromatic carbocycles. The third-order valence-electron chi connectivity index (χ3n) is 4.52. The Morgan fingerprint density at radius 1 is 1.15 bits per heavy atom. The molecule has 0 aliphatic heterocycles. The average Bonchev–Trinajstić information content (AvgIpc) is 3.09. The van der Waals surface area contributed by atoms with Crippen molar-refractivity contribution in [3.63, 3.8) is 0 Å². The van der Waals surface area contributed by atoms with Crippen molar-refractivity contribution < 1.29 is 14.3 Å². The van der Waals surface area contributed by atoms with E-state index in [2.05, 4.69) is 18.0 Å². The topological polar surface area (TPSA) is 59.2 Å². The summed E-state index contributed by atoms with van der Waals surface area (Å²) in [5, 5.41) is 0.875. The lowest BCUT2D eigenvalue weighted by Gasteiger charge is -2.07. The summed E-state index contributed by atoms with van der Waals surface area (Å²) in [6.45, 7) is 5.89. The molecule has 3 aromatic rings. The predicted molar refractivity (Wildman–Crippen MR) is 110 cm³/mol. The zero-order valence-electron chi connectivity index (χ0n) is 15.8. The van der Waals surface area contributed by atoms with Crippen LogP contribution >= 0.6 is 11.8 Å². The molecule has 4 nitrogen and oxygen atoms in total. The summed E-state index contributed by atoms with van der Waals surface area (Å²) in [7, 11) is 0. The highest BCUT2D eigenvalue weighted by molar-refractivity contribution is 8.00. The van der Waals surface area contributed by atoms with Crippen LogP contribution in [0.3, 0.4) is 0 Å². The molecule has 1 N–H and O–H groups in total. The molecular formula is C22H23NO3S. The number of fused-ring (bicyclic) bond motifs is 1. The van der Waals surface area contributed by atoms with Gasteiger partial charge in [0.2, 0.25) is 5.78 Å². The van der Waals surface area contributed by atoms with Crippen LogP contribution in [0.5, 0.6) is 0 Å². The maximum atomic E-state index is 12.5. The summed E-state index contributed by atoms with van der Waals surface area (Å²) in [5.41, 5.74) is 5.02. The number of aromatic nitrogens is 1. The molecule has 0 atom stereocenters. The molecule has 1 aromatic heterocycles. The van der Waals surface area contributed by atoms with E-state index >= 15 is 0 Å². The zero-order valence-corrected chi connectivity index (χ0v) is 16.6. The molecule has 0 radical (unpaired) electrons. The molecule has 1 heterocycles. The largest absolute Gasteiger partial charge is 0.457 e. The van der Waals surface area contributed by atoms with Crippen LogP contribution in [0.25, 0.3) is 10.9 Å². The molecule has 0 bridgehead atoms. The Labute approximate surface area is 163 Å². The SMILES string of the molecule is CCc1cccc2c(C(=O)COC(=O)CSc3ccc(C)cc3C)c[nH]c12. The number of aryl methyl sites for hydroxylation is 3. The number of Topliss-reactive ketones (excluding diaryl/α,β-unsaturated/α-hetero) is 1. The van der Waals surface area contributed by atoms with E-state index in [-0.39, 0.29) is 24.1 Å². The van der Waals surface area contributed by atoms with Gasteiger partial charge in [0.15, 0.2) is 6.61 Å². The number of aromatic amines is 1. The molecule has 0 fully saturated rings. The number of esters is 1. The number of para-hydroxylation sites is 1. The van der Waals surface area contributed by atoms with Gasteiger partial charge in [-0.2, -0.15) is 0 Å². The van der Waals surface area contributed by atoms with Crippen molar-refractivity contribution in [1.82, 2.24) is 4.98 Å². The van der Waals surface area contributed by atoms with E-state index < -0.39 is 0 Å². The molecule has 0 aliphatic carbocycles. The first kappa shape index (κ1) is 19.2. The van der Waals surface area contributed by atoms with Gasteiger partial charge in [-0.15, -0.1) is 11.8 Å². The van der Waals surface area contributed by atoms with E-state index in [9.17, 15) is 9.59 Å². The van der Waals surface area contributed by atoms with E-state index in [0.29, 0.717) is 5.56 Å². The highest BCUT2D eigenvalue weighted by atomic mass is 32.2. The van der Waals surface area contributed by atoms with Crippen LogP contribution in [0.4, 0.5) is 0 Å². The van der Waals surface area contributed by atoms with E-state index in [0.717, 1.165) is 33.3 Å². The predicted octanol–water partition coefficient (Wildman–Crippen LogP) is 4.87. The summed E-state index contributed by atoms with van der Waals surface area (Å²) in [6, 6.07) is 12.0. The number of carbonyl (C=O) groups excluding carboxylic acids is 2. The van der Waals surface area contributed by atoms with E-state index in [1.54, 1.807) is 6.20 Å². The van der Waals surface area contributed by atoms with Gasteiger partial charge in [-0.05, 0) is 37.5 Å². The van der Waals surface area contributed by atoms with Crippen molar-refractivity contribution in [2.24, 2.45) is 0 Å². The number of rotatable bonds is 7. The third-order valence-corrected chi connectivity index (χ3v) is 5.67. The third kappa shape index (κ3) is 4.42. The smallest absolute Gasteiger partial charge is 0.316 e. The van der Waals surface area contributed by atoms with Gasteiger partial charge < -0.3 is 9.72 Å². The Kier molecular flexibility index (Phi) is 6.01. The van der Waals surface area contributed by atoms with Gasteiger partial charge in [-0.1, -0.05) is 42.8 Å². The average molecular weight is 381 g/mol. The Morgan fingerprint density at radius 3 is 2.70 bits per heavy atom. The van der Waals surface area contributed by atoms with E-state index in [1.807, 2.05) is 44.2 Å². The molecule has 3 rings (SSSR count). The minimum atomic E-state index is -0.387. The molecular weight excluding hydrogens is 358 g/mol. The van der Waals surface area contributed by atoms with Crippen molar-refractivity contribution in [3.8, 4) is 0 Å². The molecule has 5 heteroatoms. The van der Waals surface area contributed by atoms with Gasteiger partial charge >= 0.3 is 5.97 Å². The van der Waals surface area contributed by atoms with Gasteiger partial charge in [-0.25, -0.2) is 0 Å². The van der Waals surface area contributed by atoms with E-state index in [4.69, 9.17) is 4.74 Å². The van der Waals surface area contributed by atoms with Gasteiger partial charge in [0.05, 0.1) is 5.75 Å². The minimum absolute atomic E-state index is 0.186. The quantitative estimate of drug-likeness (QED) is 0.360. The van der Waals surface area contributed by atoms with E-state index in [1.165, 1.54) is 17.3 Å². The fraction of sp³-hybridized carbons (Fsp3) is 0.273. The van der Waals surface area contributed by atoms with Crippen LogP contribution in [0.1, 0.15) is 34.0 Å². The van der Waals surface area contributed by atoms with Crippen LogP contribution in [-0.2, 0) is 16.0 Å². The molecule has 140 valence electrons. The van der Waals surface area contributed by atoms with Crippen LogP contribution in [0, 0.1) is 13.8 Å². The van der Waals surface area contributed by atoms with Gasteiger partial charge in [0.1, 0.15) is 0 Å². The maximum absolute atomic E-state index is 12.5. The van der Waals surface area contributed by atoms with Crippen molar-refractivity contribution >= 4 is 34.4 Å². The fourth-order valence-electron chi connectivity index (χ4n) is 3.11. The minimum Gasteiger partial charge on any atom is -0.457 e. The van der Waals surface area contributed by atoms with Crippen LogP contribution in [0.2, 0.25) is 0 Å². The summed E-state index contributed by atoms with van der Waals surface area (Å²) >= 11 is 1.43. The lowest BCUT2D eigenvalue weighted by Crippen LogP contribution is -2.15. The number of benzene rings is 2. The molecule has 0 saturated heterocycles. The zero-order chi connectivity index (χ0) is 19.4. The monoisotopic (exact) mass is 381 g/mol. The number of hydrogen-bond acceptors (Lipinski definition) is 4. The van der Waals surface area contributed by atoms with Crippen molar-refractivity contribution in [1.29, 1.82) is 0 Å². The van der Waals surface area contributed by atoms with Gasteiger partial charge in [0.25, 0.3) is 0 Å². The normalized spacial score (nSPS) is 10.9. The van der Waals surface area contributed by atoms with Gasteiger partial charge in [0, 0.05) is 27.6 Å². The van der Waals surface area contributed by atoms with Crippen LogP contribution in [-0.4, -0.2) is 29.1 Å². The number of nitrogens with one attached hydrogen (secondary N) is 1. The summed E-state index contributed by atoms with van der Waals surface area (Å²) < 4.78 is 5.20. The number of carbonyl (C=O) groups is 2. The highest BCUT2D eigenvalue weighted by Crippen LogP contribution is 2.24. The number of thioether (sulfide) groups is 1. The summed E-state index contributed by atoms with van der Waals surface area (Å²) in [6.07, 6.45) is 2.58. The molecule has 27 heavy (non-hydrogen) atoms. The van der Waals surface area contributed by atoms with Crippen molar-refractivity contribution in [3.05, 3.63) is 64.8 Å². The van der Waals surface area contributed by atoms with Crippen LogP contribution in [0.15, 0.2) is 47.5 Å². The first-order valence-corrected chi connectivity index (χ1v) is 9.96. The molecule has 0 saturated carbocycles. The summed E-state index contributed by atoms with van der Waals surface area (Å²) in [5.74, 6) is -0.396. The first-order chi connectivity index (χ1) is 13.0. The Morgan fingerprint density at radius 2 is 1.96 bits per heavy atom. The van der Waals surface area contributed by atoms with Gasteiger partial charge in [-0.3, -0.25) is 9.59 Å². The second-order valence-corrected chi connectivity index (χ2v) is 7.55. The standard InChI is InChI=1S/C22H23NO3S/c1-4-16-6-5-7-17-18(11-23-22(16)17)19(24)12-26-21(25)13-27-20-9-8-14(2)10-15(20)3/h5-11,23H,4,12-13H2,1-3H3. The summed E-state index contributed by atoms with van der Waals surface area (Å²) in [4.78, 5) is 28.7. The lowest BCUT2D eigenvalue weighted by atomic mass is 10.1. The maximum Gasteiger partial charge on any atom is 0.316 e. The Bertz CT molecular complexity index is 990.